The van der Waals surface area contributed by atoms with Gasteiger partial charge in [0.05, 0.1) is 0 Å². The van der Waals surface area contributed by atoms with Gasteiger partial charge in [-0.05, 0) is 43.1 Å². The Morgan fingerprint density at radius 2 is 1.86 bits per heavy atom. The van der Waals surface area contributed by atoms with Crippen LogP contribution in [0.2, 0.25) is 0 Å². The molecule has 2 rings (SSSR count). The summed E-state index contributed by atoms with van der Waals surface area (Å²) >= 11 is 0. The maximum Gasteiger partial charge on any atom is 0.191 e. The van der Waals surface area contributed by atoms with E-state index in [2.05, 4.69) is 66.7 Å². The average Bonchev–Trinajstić information content (AvgIpc) is 3.24. The highest BCUT2D eigenvalue weighted by atomic mass is 15.2. The fraction of sp³-hybridized carbons (Fsp3) is 0.611. The molecule has 0 aliphatic heterocycles. The van der Waals surface area contributed by atoms with Crippen LogP contribution in [0.15, 0.2) is 35.3 Å². The number of nitrogens with one attached hydrogen (secondary N) is 2. The fourth-order valence-corrected chi connectivity index (χ4v) is 2.47. The van der Waals surface area contributed by atoms with E-state index in [1.54, 1.807) is 0 Å². The summed E-state index contributed by atoms with van der Waals surface area (Å²) in [5.41, 5.74) is 1.87. The van der Waals surface area contributed by atoms with E-state index in [0.717, 1.165) is 18.9 Å². The van der Waals surface area contributed by atoms with Crippen molar-refractivity contribution < 1.29 is 0 Å². The Bertz CT molecular complexity index is 461. The molecule has 3 heteroatoms. The van der Waals surface area contributed by atoms with Crippen LogP contribution in [-0.4, -0.2) is 25.6 Å². The number of aliphatic imine (C=N–C) groups is 1. The maximum atomic E-state index is 4.34. The Labute approximate surface area is 129 Å². The predicted molar refractivity (Wildman–Crippen MR) is 90.6 cm³/mol. The van der Waals surface area contributed by atoms with Crippen molar-refractivity contribution in [3.8, 4) is 0 Å². The van der Waals surface area contributed by atoms with Gasteiger partial charge in [0.1, 0.15) is 0 Å². The molecule has 21 heavy (non-hydrogen) atoms. The molecule has 1 aliphatic rings. The normalized spacial score (nSPS) is 18.4. The van der Waals surface area contributed by atoms with E-state index in [0.29, 0.717) is 17.4 Å². The van der Waals surface area contributed by atoms with Gasteiger partial charge in [-0.1, -0.05) is 44.2 Å². The summed E-state index contributed by atoms with van der Waals surface area (Å²) in [7, 11) is 1.85. The van der Waals surface area contributed by atoms with E-state index < -0.39 is 0 Å². The molecule has 0 radical (unpaired) electrons. The molecule has 0 amide bonds. The van der Waals surface area contributed by atoms with Gasteiger partial charge in [0.2, 0.25) is 0 Å². The molecule has 0 heterocycles. The lowest BCUT2D eigenvalue weighted by atomic mass is 9.96. The highest BCUT2D eigenvalue weighted by Crippen LogP contribution is 2.47. The molecule has 0 saturated heterocycles. The van der Waals surface area contributed by atoms with Crippen LogP contribution in [-0.2, 0) is 6.42 Å². The van der Waals surface area contributed by atoms with Gasteiger partial charge in [-0.15, -0.1) is 0 Å². The van der Waals surface area contributed by atoms with Gasteiger partial charge in [0.15, 0.2) is 5.96 Å². The first-order valence-electron chi connectivity index (χ1n) is 8.06. The minimum atomic E-state index is 0.431. The zero-order valence-corrected chi connectivity index (χ0v) is 13.8. The zero-order chi connectivity index (χ0) is 15.3. The Kier molecular flexibility index (Phi) is 5.27. The summed E-state index contributed by atoms with van der Waals surface area (Å²) in [4.78, 5) is 4.34. The third-order valence-electron chi connectivity index (χ3n) is 4.60. The molecule has 1 unspecified atom stereocenters. The molecule has 3 nitrogen and oxygen atoms in total. The zero-order valence-electron chi connectivity index (χ0n) is 13.8. The molecule has 0 bridgehead atoms. The average molecular weight is 287 g/mol. The van der Waals surface area contributed by atoms with Crippen molar-refractivity contribution >= 4 is 5.96 Å². The minimum absolute atomic E-state index is 0.431. The number of hydrogen-bond acceptors (Lipinski definition) is 1. The number of benzene rings is 1. The van der Waals surface area contributed by atoms with Gasteiger partial charge in [-0.2, -0.15) is 0 Å². The van der Waals surface area contributed by atoms with Crippen LogP contribution in [0.5, 0.6) is 0 Å². The lowest BCUT2D eigenvalue weighted by molar-refractivity contribution is 0.463. The first kappa shape index (κ1) is 15.9. The summed E-state index contributed by atoms with van der Waals surface area (Å²) in [6.07, 6.45) is 3.79. The molecular weight excluding hydrogens is 258 g/mol. The van der Waals surface area contributed by atoms with Gasteiger partial charge >= 0.3 is 0 Å². The van der Waals surface area contributed by atoms with E-state index in [-0.39, 0.29) is 0 Å². The SMILES string of the molecule is CN=C(NCC1(Cc2ccccc2)CC1)NC(C)C(C)C. The molecule has 1 saturated carbocycles. The third kappa shape index (κ3) is 4.76. The van der Waals surface area contributed by atoms with Crippen LogP contribution >= 0.6 is 0 Å². The standard InChI is InChI=1S/C18H29N3/c1-14(2)15(3)21-17(19-4)20-13-18(10-11-18)12-16-8-6-5-7-9-16/h5-9,14-15H,10-13H2,1-4H3,(H2,19,20,21). The number of guanidine groups is 1. The summed E-state index contributed by atoms with van der Waals surface area (Å²) in [5.74, 6) is 1.53. The Morgan fingerprint density at radius 1 is 1.19 bits per heavy atom. The summed E-state index contributed by atoms with van der Waals surface area (Å²) in [6.45, 7) is 7.66. The second kappa shape index (κ2) is 6.97. The van der Waals surface area contributed by atoms with Gasteiger partial charge < -0.3 is 10.6 Å². The van der Waals surface area contributed by atoms with E-state index in [1.807, 2.05) is 7.05 Å². The fourth-order valence-electron chi connectivity index (χ4n) is 2.47. The molecule has 1 aromatic carbocycles. The molecule has 1 aromatic rings. The monoisotopic (exact) mass is 287 g/mol. The molecule has 0 aromatic heterocycles. The number of rotatable bonds is 6. The van der Waals surface area contributed by atoms with Crippen molar-refractivity contribution in [1.29, 1.82) is 0 Å². The van der Waals surface area contributed by atoms with Crippen LogP contribution < -0.4 is 10.6 Å². The predicted octanol–water partition coefficient (Wildman–Crippen LogP) is 3.22. The second-order valence-corrected chi connectivity index (χ2v) is 6.77. The van der Waals surface area contributed by atoms with Crippen LogP contribution in [0.3, 0.4) is 0 Å². The van der Waals surface area contributed by atoms with Crippen molar-refractivity contribution in [3.63, 3.8) is 0 Å². The van der Waals surface area contributed by atoms with E-state index in [4.69, 9.17) is 0 Å². The van der Waals surface area contributed by atoms with Crippen molar-refractivity contribution in [1.82, 2.24) is 10.6 Å². The molecule has 2 N–H and O–H groups in total. The first-order valence-corrected chi connectivity index (χ1v) is 8.06. The number of nitrogens with zero attached hydrogens (tertiary/aromatic N) is 1. The van der Waals surface area contributed by atoms with Crippen molar-refractivity contribution in [2.45, 2.75) is 46.1 Å². The molecule has 1 atom stereocenters. The van der Waals surface area contributed by atoms with Crippen molar-refractivity contribution in [2.24, 2.45) is 16.3 Å². The van der Waals surface area contributed by atoms with E-state index in [1.165, 1.54) is 18.4 Å². The van der Waals surface area contributed by atoms with Crippen LogP contribution in [0.25, 0.3) is 0 Å². The topological polar surface area (TPSA) is 36.4 Å². The summed E-state index contributed by atoms with van der Waals surface area (Å²) in [5, 5.41) is 6.99. The lowest BCUT2D eigenvalue weighted by Crippen LogP contribution is -2.46. The van der Waals surface area contributed by atoms with Gasteiger partial charge in [0, 0.05) is 19.6 Å². The van der Waals surface area contributed by atoms with Crippen LogP contribution in [0.1, 0.15) is 39.2 Å². The molecule has 0 spiro atoms. The van der Waals surface area contributed by atoms with Crippen LogP contribution in [0, 0.1) is 11.3 Å². The molecule has 1 aliphatic carbocycles. The second-order valence-electron chi connectivity index (χ2n) is 6.77. The molecule has 116 valence electrons. The highest BCUT2D eigenvalue weighted by Gasteiger charge is 2.42. The van der Waals surface area contributed by atoms with Gasteiger partial charge in [0.25, 0.3) is 0 Å². The Hall–Kier alpha value is -1.51. The largest absolute Gasteiger partial charge is 0.356 e. The lowest BCUT2D eigenvalue weighted by Gasteiger charge is -2.23. The quantitative estimate of drug-likeness (QED) is 0.622. The van der Waals surface area contributed by atoms with Crippen molar-refractivity contribution in [3.05, 3.63) is 35.9 Å². The summed E-state index contributed by atoms with van der Waals surface area (Å²) < 4.78 is 0. The smallest absolute Gasteiger partial charge is 0.191 e. The Morgan fingerprint density at radius 3 is 2.38 bits per heavy atom. The van der Waals surface area contributed by atoms with E-state index >= 15 is 0 Å². The molecule has 1 fully saturated rings. The van der Waals surface area contributed by atoms with E-state index in [9.17, 15) is 0 Å². The highest BCUT2D eigenvalue weighted by molar-refractivity contribution is 5.80. The molecular formula is C18H29N3. The third-order valence-corrected chi connectivity index (χ3v) is 4.60. The summed E-state index contributed by atoms with van der Waals surface area (Å²) in [6, 6.07) is 11.2. The van der Waals surface area contributed by atoms with Gasteiger partial charge in [-0.3, -0.25) is 4.99 Å². The van der Waals surface area contributed by atoms with Gasteiger partial charge in [-0.25, -0.2) is 0 Å². The maximum absolute atomic E-state index is 4.34. The Balaban J connectivity index is 1.84. The minimum Gasteiger partial charge on any atom is -0.356 e. The number of hydrogen-bond donors (Lipinski definition) is 2. The van der Waals surface area contributed by atoms with Crippen LogP contribution in [0.4, 0.5) is 0 Å². The first-order chi connectivity index (χ1) is 10.0. The van der Waals surface area contributed by atoms with Crippen molar-refractivity contribution in [2.75, 3.05) is 13.6 Å².